The molecule has 1 nitrogen and oxygen atoms in total. The first kappa shape index (κ1) is 14.4. The molecule has 0 N–H and O–H groups in total. The van der Waals surface area contributed by atoms with Gasteiger partial charge in [0.2, 0.25) is 0 Å². The summed E-state index contributed by atoms with van der Waals surface area (Å²) in [6.07, 6.45) is 0. The van der Waals surface area contributed by atoms with E-state index in [0.29, 0.717) is 0 Å². The van der Waals surface area contributed by atoms with E-state index in [1.54, 1.807) is 0 Å². The third kappa shape index (κ3) is 3.99. The lowest BCUT2D eigenvalue weighted by molar-refractivity contribution is -0.787. The van der Waals surface area contributed by atoms with Crippen molar-refractivity contribution in [2.24, 2.45) is 0 Å². The van der Waals surface area contributed by atoms with Crippen molar-refractivity contribution < 1.29 is 3.89 Å². The summed E-state index contributed by atoms with van der Waals surface area (Å²) in [5.41, 5.74) is 0. The number of benzene rings is 1. The Morgan fingerprint density at radius 3 is 1.94 bits per heavy atom. The lowest BCUT2D eigenvalue weighted by Crippen LogP contribution is -2.39. The summed E-state index contributed by atoms with van der Waals surface area (Å²) in [7, 11) is 3.84. The smallest absolute Gasteiger partial charge is 0.152 e. The fourth-order valence-corrected chi connectivity index (χ4v) is 4.53. The minimum absolute atomic E-state index is 1.11. The Hall–Kier alpha value is 0.360. The van der Waals surface area contributed by atoms with Gasteiger partial charge < -0.3 is 0 Å². The number of halogens is 1. The highest BCUT2D eigenvalue weighted by molar-refractivity contribution is 9.10. The van der Waals surface area contributed by atoms with Crippen molar-refractivity contribution in [1.29, 1.82) is 0 Å². The first-order chi connectivity index (χ1) is 7.65. The fraction of sp³-hybridized carbons (Fsp3) is 0.500. The summed E-state index contributed by atoms with van der Waals surface area (Å²) in [5, 5.41) is 0. The standard InChI is InChI=1S/C12H19BrNS2/c1-4-14(5-2,6-3)16-15-12-9-7-11(13)8-10-12/h7-10H,4-6H2,1-3H3/q+1. The predicted octanol–water partition coefficient (Wildman–Crippen LogP) is 4.98. The normalized spacial score (nSPS) is 11.8. The van der Waals surface area contributed by atoms with E-state index in [1.807, 2.05) is 21.8 Å². The molecule has 0 aliphatic carbocycles. The molecule has 90 valence electrons. The van der Waals surface area contributed by atoms with Gasteiger partial charge in [-0.1, -0.05) is 15.9 Å². The van der Waals surface area contributed by atoms with E-state index in [9.17, 15) is 0 Å². The van der Waals surface area contributed by atoms with Gasteiger partial charge in [-0.3, -0.25) is 3.89 Å². The molecule has 0 saturated heterocycles. The highest BCUT2D eigenvalue weighted by atomic mass is 79.9. The van der Waals surface area contributed by atoms with Crippen molar-refractivity contribution in [1.82, 2.24) is 0 Å². The third-order valence-corrected chi connectivity index (χ3v) is 6.74. The van der Waals surface area contributed by atoms with Gasteiger partial charge in [-0.15, -0.1) is 0 Å². The lowest BCUT2D eigenvalue weighted by Gasteiger charge is -2.31. The third-order valence-electron chi connectivity index (χ3n) is 2.83. The van der Waals surface area contributed by atoms with Gasteiger partial charge in [0.05, 0.1) is 19.6 Å². The summed E-state index contributed by atoms with van der Waals surface area (Å²) in [6, 6.07) is 8.53. The van der Waals surface area contributed by atoms with Crippen LogP contribution in [0.4, 0.5) is 0 Å². The van der Waals surface area contributed by atoms with Crippen LogP contribution in [0.25, 0.3) is 0 Å². The van der Waals surface area contributed by atoms with E-state index < -0.39 is 0 Å². The quantitative estimate of drug-likeness (QED) is 0.412. The molecule has 1 rings (SSSR count). The van der Waals surface area contributed by atoms with Crippen LogP contribution in [-0.4, -0.2) is 23.5 Å². The van der Waals surface area contributed by atoms with Crippen molar-refractivity contribution in [3.63, 3.8) is 0 Å². The van der Waals surface area contributed by atoms with Gasteiger partial charge in [0.25, 0.3) is 0 Å². The van der Waals surface area contributed by atoms with Gasteiger partial charge in [-0.2, -0.15) is 0 Å². The van der Waals surface area contributed by atoms with Crippen LogP contribution in [0.15, 0.2) is 33.6 Å². The summed E-state index contributed by atoms with van der Waals surface area (Å²) in [5.74, 6) is 0. The van der Waals surface area contributed by atoms with Gasteiger partial charge in [0, 0.05) is 20.2 Å². The van der Waals surface area contributed by atoms with Gasteiger partial charge in [0.15, 0.2) is 11.0 Å². The average Bonchev–Trinajstić information content (AvgIpc) is 2.34. The Labute approximate surface area is 115 Å². The molecule has 4 heteroatoms. The van der Waals surface area contributed by atoms with Crippen LogP contribution < -0.4 is 0 Å². The van der Waals surface area contributed by atoms with Gasteiger partial charge in [-0.05, 0) is 45.0 Å². The average molecular weight is 321 g/mol. The molecule has 0 heterocycles. The summed E-state index contributed by atoms with van der Waals surface area (Å²) < 4.78 is 2.25. The molecular weight excluding hydrogens is 302 g/mol. The number of rotatable bonds is 6. The minimum atomic E-state index is 1.11. The molecule has 0 amide bonds. The molecule has 0 radical (unpaired) electrons. The Kier molecular flexibility index (Phi) is 6.26. The molecular formula is C12H19BrNS2+. The van der Waals surface area contributed by atoms with E-state index in [0.717, 1.165) is 8.36 Å². The first-order valence-electron chi connectivity index (χ1n) is 5.63. The monoisotopic (exact) mass is 320 g/mol. The summed E-state index contributed by atoms with van der Waals surface area (Å²) >= 11 is 3.46. The Morgan fingerprint density at radius 2 is 1.50 bits per heavy atom. The number of nitrogens with zero attached hydrogens (tertiary/aromatic N) is 1. The molecule has 0 spiro atoms. The van der Waals surface area contributed by atoms with E-state index in [-0.39, 0.29) is 0 Å². The van der Waals surface area contributed by atoms with Crippen LogP contribution in [-0.2, 0) is 0 Å². The lowest BCUT2D eigenvalue weighted by atomic mass is 10.4. The second-order valence-electron chi connectivity index (χ2n) is 3.62. The molecule has 1 aromatic carbocycles. The predicted molar refractivity (Wildman–Crippen MR) is 79.5 cm³/mol. The van der Waals surface area contributed by atoms with Gasteiger partial charge in [0.1, 0.15) is 0 Å². The Morgan fingerprint density at radius 1 is 1.00 bits per heavy atom. The number of hydrogen-bond acceptors (Lipinski definition) is 2. The topological polar surface area (TPSA) is 0 Å². The van der Waals surface area contributed by atoms with Crippen molar-refractivity contribution in [2.75, 3.05) is 19.6 Å². The molecule has 16 heavy (non-hydrogen) atoms. The summed E-state index contributed by atoms with van der Waals surface area (Å²) in [6.45, 7) is 10.3. The first-order valence-corrected chi connectivity index (χ1v) is 8.53. The molecule has 0 aliphatic rings. The zero-order chi connectivity index (χ0) is 12.0. The van der Waals surface area contributed by atoms with Crippen LogP contribution in [0.1, 0.15) is 20.8 Å². The number of hydrogen-bond donors (Lipinski definition) is 0. The largest absolute Gasteiger partial charge is 0.252 e. The highest BCUT2D eigenvalue weighted by Gasteiger charge is 2.23. The van der Waals surface area contributed by atoms with E-state index in [4.69, 9.17) is 0 Å². The summed E-state index contributed by atoms with van der Waals surface area (Å²) in [4.78, 5) is 1.33. The van der Waals surface area contributed by atoms with E-state index in [2.05, 4.69) is 61.0 Å². The van der Waals surface area contributed by atoms with Crippen LogP contribution in [0, 0.1) is 0 Å². The molecule has 0 saturated carbocycles. The molecule has 0 unspecified atom stereocenters. The minimum Gasteiger partial charge on any atom is -0.252 e. The van der Waals surface area contributed by atoms with Gasteiger partial charge >= 0.3 is 0 Å². The maximum Gasteiger partial charge on any atom is 0.152 e. The molecule has 0 aromatic heterocycles. The maximum absolute atomic E-state index is 3.46. The molecule has 0 aliphatic heterocycles. The molecule has 1 aromatic rings. The van der Waals surface area contributed by atoms with Crippen molar-refractivity contribution >= 4 is 37.7 Å². The van der Waals surface area contributed by atoms with Crippen LogP contribution in [0.2, 0.25) is 0 Å². The SMILES string of the molecule is CC[N+](CC)(CC)SSc1ccc(Br)cc1. The Bertz CT molecular complexity index is 301. The second-order valence-corrected chi connectivity index (χ2v) is 7.04. The van der Waals surface area contributed by atoms with Crippen molar-refractivity contribution in [3.8, 4) is 0 Å². The van der Waals surface area contributed by atoms with Crippen LogP contribution in [0.5, 0.6) is 0 Å². The van der Waals surface area contributed by atoms with E-state index >= 15 is 0 Å². The zero-order valence-corrected chi connectivity index (χ0v) is 13.3. The van der Waals surface area contributed by atoms with Crippen LogP contribution >= 0.6 is 37.7 Å². The second kappa shape index (κ2) is 6.94. The molecule has 0 bridgehead atoms. The Balaban J connectivity index is 2.58. The molecule has 0 atom stereocenters. The van der Waals surface area contributed by atoms with Crippen molar-refractivity contribution in [3.05, 3.63) is 28.7 Å². The maximum atomic E-state index is 3.46. The van der Waals surface area contributed by atoms with Crippen LogP contribution in [0.3, 0.4) is 0 Å². The zero-order valence-electron chi connectivity index (χ0n) is 10.1. The molecule has 0 fully saturated rings. The number of quaternary nitrogens is 1. The van der Waals surface area contributed by atoms with Gasteiger partial charge in [-0.25, -0.2) is 0 Å². The van der Waals surface area contributed by atoms with Crippen molar-refractivity contribution in [2.45, 2.75) is 25.7 Å². The fourth-order valence-electron chi connectivity index (χ4n) is 1.44. The highest BCUT2D eigenvalue weighted by Crippen LogP contribution is 2.39. The van der Waals surface area contributed by atoms with E-state index in [1.165, 1.54) is 24.5 Å².